The van der Waals surface area contributed by atoms with Crippen molar-refractivity contribution < 1.29 is 4.39 Å². The molecule has 2 aromatic carbocycles. The fraction of sp³-hybridized carbons (Fsp3) is 0.250. The topological polar surface area (TPSA) is 29.3 Å². The maximum atomic E-state index is 13.5. The molecule has 4 heteroatoms. The van der Waals surface area contributed by atoms with Gasteiger partial charge in [0.05, 0.1) is 5.69 Å². The summed E-state index contributed by atoms with van der Waals surface area (Å²) in [7, 11) is 0. The second-order valence-corrected chi connectivity index (χ2v) is 6.03. The van der Waals surface area contributed by atoms with Crippen LogP contribution in [0.3, 0.4) is 0 Å². The van der Waals surface area contributed by atoms with Gasteiger partial charge in [0, 0.05) is 22.7 Å². The van der Waals surface area contributed by atoms with Crippen LogP contribution in [0.4, 0.5) is 15.8 Å². The number of hydrogen-bond acceptors (Lipinski definition) is 2. The fourth-order valence-electron chi connectivity index (χ4n) is 2.63. The molecule has 0 saturated carbocycles. The molecule has 0 aliphatic carbocycles. The Labute approximate surface area is 126 Å². The molecular formula is C16H16BrFN2. The van der Waals surface area contributed by atoms with E-state index in [-0.39, 0.29) is 11.9 Å². The molecule has 0 radical (unpaired) electrons. The lowest BCUT2D eigenvalue weighted by atomic mass is 10.1. The van der Waals surface area contributed by atoms with Crippen LogP contribution >= 0.6 is 15.9 Å². The van der Waals surface area contributed by atoms with Crippen LogP contribution in [-0.4, -0.2) is 6.54 Å². The molecular weight excluding hydrogens is 319 g/mol. The van der Waals surface area contributed by atoms with Crippen molar-refractivity contribution in [3.05, 3.63) is 57.8 Å². The molecule has 20 heavy (non-hydrogen) atoms. The summed E-state index contributed by atoms with van der Waals surface area (Å²) in [5.41, 5.74) is 10.2. The SMILES string of the molecule is CC(N)c1ccc(N2CCc3ccc(F)cc32)c(Br)c1. The number of halogens is 2. The second kappa shape index (κ2) is 5.19. The van der Waals surface area contributed by atoms with Gasteiger partial charge in [0.25, 0.3) is 0 Å². The Morgan fingerprint density at radius 2 is 2.00 bits per heavy atom. The Bertz CT molecular complexity index is 655. The van der Waals surface area contributed by atoms with Crippen LogP contribution in [0, 0.1) is 5.82 Å². The molecule has 1 unspecified atom stereocenters. The van der Waals surface area contributed by atoms with Crippen LogP contribution in [0.15, 0.2) is 40.9 Å². The standard InChI is InChI=1S/C16H16BrFN2/c1-10(19)12-3-5-15(14(17)8-12)20-7-6-11-2-4-13(18)9-16(11)20/h2-5,8-10H,6-7,19H2,1H3. The van der Waals surface area contributed by atoms with Crippen molar-refractivity contribution in [3.8, 4) is 0 Å². The molecule has 104 valence electrons. The van der Waals surface area contributed by atoms with Gasteiger partial charge in [0.15, 0.2) is 0 Å². The minimum atomic E-state index is -0.195. The van der Waals surface area contributed by atoms with Crippen molar-refractivity contribution in [2.24, 2.45) is 5.73 Å². The van der Waals surface area contributed by atoms with Crippen LogP contribution in [0.25, 0.3) is 0 Å². The number of nitrogens with two attached hydrogens (primary N) is 1. The lowest BCUT2D eigenvalue weighted by Crippen LogP contribution is -2.14. The third kappa shape index (κ3) is 2.34. The third-order valence-electron chi connectivity index (χ3n) is 3.73. The number of hydrogen-bond donors (Lipinski definition) is 1. The van der Waals surface area contributed by atoms with E-state index in [9.17, 15) is 4.39 Å². The first-order valence-electron chi connectivity index (χ1n) is 6.67. The van der Waals surface area contributed by atoms with E-state index in [0.29, 0.717) is 0 Å². The highest BCUT2D eigenvalue weighted by atomic mass is 79.9. The van der Waals surface area contributed by atoms with Crippen LogP contribution in [0.1, 0.15) is 24.1 Å². The molecule has 1 heterocycles. The quantitative estimate of drug-likeness (QED) is 0.886. The molecule has 1 aliphatic heterocycles. The van der Waals surface area contributed by atoms with Gasteiger partial charge < -0.3 is 10.6 Å². The molecule has 0 spiro atoms. The van der Waals surface area contributed by atoms with Crippen molar-refractivity contribution in [1.29, 1.82) is 0 Å². The van der Waals surface area contributed by atoms with Crippen molar-refractivity contribution >= 4 is 27.3 Å². The lowest BCUT2D eigenvalue weighted by Gasteiger charge is -2.22. The Kier molecular flexibility index (Phi) is 3.52. The van der Waals surface area contributed by atoms with Gasteiger partial charge in [0.1, 0.15) is 5.82 Å². The minimum absolute atomic E-state index is 0.00339. The van der Waals surface area contributed by atoms with Gasteiger partial charge in [-0.3, -0.25) is 0 Å². The molecule has 1 atom stereocenters. The predicted octanol–water partition coefficient (Wildman–Crippen LogP) is 4.30. The number of benzene rings is 2. The Hall–Kier alpha value is -1.39. The van der Waals surface area contributed by atoms with E-state index in [0.717, 1.165) is 34.4 Å². The van der Waals surface area contributed by atoms with Gasteiger partial charge in [-0.15, -0.1) is 0 Å². The lowest BCUT2D eigenvalue weighted by molar-refractivity contribution is 0.628. The summed E-state index contributed by atoms with van der Waals surface area (Å²) in [6.07, 6.45) is 0.942. The smallest absolute Gasteiger partial charge is 0.125 e. The summed E-state index contributed by atoms with van der Waals surface area (Å²) in [6, 6.07) is 11.1. The van der Waals surface area contributed by atoms with E-state index in [1.807, 2.05) is 31.2 Å². The molecule has 2 N–H and O–H groups in total. The molecule has 2 nitrogen and oxygen atoms in total. The zero-order chi connectivity index (χ0) is 14.3. The number of fused-ring (bicyclic) bond motifs is 1. The first-order valence-corrected chi connectivity index (χ1v) is 7.46. The molecule has 0 fully saturated rings. The highest BCUT2D eigenvalue weighted by Gasteiger charge is 2.22. The van der Waals surface area contributed by atoms with E-state index in [1.165, 1.54) is 11.6 Å². The molecule has 0 amide bonds. The van der Waals surface area contributed by atoms with E-state index in [4.69, 9.17) is 5.73 Å². The Morgan fingerprint density at radius 1 is 1.20 bits per heavy atom. The molecule has 2 aromatic rings. The van der Waals surface area contributed by atoms with Gasteiger partial charge in [0.2, 0.25) is 0 Å². The predicted molar refractivity (Wildman–Crippen MR) is 83.9 cm³/mol. The summed E-state index contributed by atoms with van der Waals surface area (Å²) in [5.74, 6) is -0.195. The highest BCUT2D eigenvalue weighted by molar-refractivity contribution is 9.10. The van der Waals surface area contributed by atoms with Crippen LogP contribution < -0.4 is 10.6 Å². The summed E-state index contributed by atoms with van der Waals surface area (Å²) < 4.78 is 14.5. The van der Waals surface area contributed by atoms with Crippen molar-refractivity contribution in [2.45, 2.75) is 19.4 Å². The van der Waals surface area contributed by atoms with E-state index in [1.54, 1.807) is 6.07 Å². The van der Waals surface area contributed by atoms with Gasteiger partial charge in [-0.05, 0) is 64.7 Å². The van der Waals surface area contributed by atoms with Crippen LogP contribution in [0.5, 0.6) is 0 Å². The van der Waals surface area contributed by atoms with Crippen molar-refractivity contribution in [1.82, 2.24) is 0 Å². The summed E-state index contributed by atoms with van der Waals surface area (Å²) in [5, 5.41) is 0. The van der Waals surface area contributed by atoms with Gasteiger partial charge in [-0.25, -0.2) is 4.39 Å². The van der Waals surface area contributed by atoms with Crippen LogP contribution in [0.2, 0.25) is 0 Å². The number of nitrogens with zero attached hydrogens (tertiary/aromatic N) is 1. The largest absolute Gasteiger partial charge is 0.340 e. The second-order valence-electron chi connectivity index (χ2n) is 5.17. The van der Waals surface area contributed by atoms with E-state index < -0.39 is 0 Å². The monoisotopic (exact) mass is 334 g/mol. The molecule has 0 saturated heterocycles. The highest BCUT2D eigenvalue weighted by Crippen LogP contribution is 2.39. The summed E-state index contributed by atoms with van der Waals surface area (Å²) in [4.78, 5) is 2.15. The van der Waals surface area contributed by atoms with Gasteiger partial charge in [-0.1, -0.05) is 12.1 Å². The third-order valence-corrected chi connectivity index (χ3v) is 4.37. The normalized spacial score (nSPS) is 15.3. The zero-order valence-electron chi connectivity index (χ0n) is 11.2. The van der Waals surface area contributed by atoms with Gasteiger partial charge >= 0.3 is 0 Å². The maximum Gasteiger partial charge on any atom is 0.125 e. The molecule has 3 rings (SSSR count). The summed E-state index contributed by atoms with van der Waals surface area (Å²) >= 11 is 3.60. The zero-order valence-corrected chi connectivity index (χ0v) is 12.8. The maximum absolute atomic E-state index is 13.5. The number of anilines is 2. The van der Waals surface area contributed by atoms with Gasteiger partial charge in [-0.2, -0.15) is 0 Å². The van der Waals surface area contributed by atoms with Crippen molar-refractivity contribution in [2.75, 3.05) is 11.4 Å². The first-order chi connectivity index (χ1) is 9.56. The minimum Gasteiger partial charge on any atom is -0.340 e. The molecule has 1 aliphatic rings. The van der Waals surface area contributed by atoms with E-state index in [2.05, 4.69) is 20.8 Å². The average Bonchev–Trinajstić information content (AvgIpc) is 2.81. The van der Waals surface area contributed by atoms with E-state index >= 15 is 0 Å². The Morgan fingerprint density at radius 3 is 2.70 bits per heavy atom. The number of rotatable bonds is 2. The molecule has 0 aromatic heterocycles. The molecule has 0 bridgehead atoms. The Balaban J connectivity index is 2.02. The first kappa shape index (κ1) is 13.6. The summed E-state index contributed by atoms with van der Waals surface area (Å²) in [6.45, 7) is 2.83. The van der Waals surface area contributed by atoms with Crippen molar-refractivity contribution in [3.63, 3.8) is 0 Å². The van der Waals surface area contributed by atoms with Crippen LogP contribution in [-0.2, 0) is 6.42 Å². The average molecular weight is 335 g/mol. The fourth-order valence-corrected chi connectivity index (χ4v) is 3.24.